The smallest absolute Gasteiger partial charge is 0.243 e. The lowest BCUT2D eigenvalue weighted by atomic mass is 9.71. The predicted molar refractivity (Wildman–Crippen MR) is 112 cm³/mol. The minimum atomic E-state index is -3.92. The van der Waals surface area contributed by atoms with Gasteiger partial charge in [-0.3, -0.25) is 0 Å². The molecule has 4 atom stereocenters. The van der Waals surface area contributed by atoms with Crippen molar-refractivity contribution < 1.29 is 18.6 Å². The zero-order valence-electron chi connectivity index (χ0n) is 16.4. The number of benzene rings is 2. The van der Waals surface area contributed by atoms with Gasteiger partial charge in [-0.25, -0.2) is 8.42 Å². The summed E-state index contributed by atoms with van der Waals surface area (Å²) < 4.78 is 29.4. The molecule has 0 aromatic heterocycles. The Bertz CT molecular complexity index is 959. The van der Waals surface area contributed by atoms with Crippen LogP contribution in [0, 0.1) is 12.3 Å². The van der Waals surface area contributed by atoms with E-state index in [0.29, 0.717) is 5.56 Å². The number of sulfonamides is 1. The fraction of sp³-hybridized carbons (Fsp3) is 0.429. The molecule has 1 heterocycles. The predicted octanol–water partition coefficient (Wildman–Crippen LogP) is 3.64. The molecule has 0 radical (unpaired) electrons. The van der Waals surface area contributed by atoms with Crippen molar-refractivity contribution in [3.63, 3.8) is 0 Å². The molecule has 152 valence electrons. The van der Waals surface area contributed by atoms with Gasteiger partial charge in [0.2, 0.25) is 10.0 Å². The summed E-state index contributed by atoms with van der Waals surface area (Å²) in [5.41, 5.74) is 0.753. The Balaban J connectivity index is 2.21. The summed E-state index contributed by atoms with van der Waals surface area (Å²) >= 11 is 3.41. The second kappa shape index (κ2) is 7.54. The molecular weight excluding hydrogens is 442 g/mol. The third-order valence-corrected chi connectivity index (χ3v) is 8.39. The number of aryl methyl sites for hydroxylation is 1. The lowest BCUT2D eigenvalue weighted by Gasteiger charge is -2.53. The van der Waals surface area contributed by atoms with E-state index in [2.05, 4.69) is 15.9 Å². The number of aliphatic hydroxyl groups is 2. The number of rotatable bonds is 3. The highest BCUT2D eigenvalue weighted by atomic mass is 79.9. The van der Waals surface area contributed by atoms with Gasteiger partial charge in [0.25, 0.3) is 0 Å². The van der Waals surface area contributed by atoms with E-state index in [1.165, 1.54) is 4.31 Å². The average Bonchev–Trinajstić information content (AvgIpc) is 2.63. The fourth-order valence-corrected chi connectivity index (χ4v) is 6.18. The normalized spacial score (nSPS) is 28.2. The van der Waals surface area contributed by atoms with E-state index in [1.807, 2.05) is 13.0 Å². The maximum absolute atomic E-state index is 13.6. The lowest BCUT2D eigenvalue weighted by Crippen LogP contribution is -2.64. The van der Waals surface area contributed by atoms with Gasteiger partial charge in [-0.1, -0.05) is 59.6 Å². The Morgan fingerprint density at radius 1 is 1.07 bits per heavy atom. The van der Waals surface area contributed by atoms with Crippen LogP contribution < -0.4 is 0 Å². The van der Waals surface area contributed by atoms with Crippen molar-refractivity contribution in [1.82, 2.24) is 4.31 Å². The molecule has 1 fully saturated rings. The number of nitrogens with zero attached hydrogens (tertiary/aromatic N) is 1. The largest absolute Gasteiger partial charge is 0.390 e. The fourth-order valence-electron chi connectivity index (χ4n) is 3.80. The zero-order chi connectivity index (χ0) is 20.9. The van der Waals surface area contributed by atoms with Crippen LogP contribution in [0.1, 0.15) is 37.9 Å². The quantitative estimate of drug-likeness (QED) is 0.721. The van der Waals surface area contributed by atoms with E-state index in [4.69, 9.17) is 0 Å². The summed E-state index contributed by atoms with van der Waals surface area (Å²) in [4.78, 5) is 0.171. The summed E-state index contributed by atoms with van der Waals surface area (Å²) in [5, 5.41) is 21.8. The van der Waals surface area contributed by atoms with Gasteiger partial charge in [0, 0.05) is 15.9 Å². The van der Waals surface area contributed by atoms with Crippen molar-refractivity contribution in [3.8, 4) is 0 Å². The molecule has 28 heavy (non-hydrogen) atoms. The third kappa shape index (κ3) is 3.55. The lowest BCUT2D eigenvalue weighted by molar-refractivity contribution is -0.141. The molecule has 1 aliphatic rings. The monoisotopic (exact) mass is 467 g/mol. The molecule has 2 N–H and O–H groups in total. The van der Waals surface area contributed by atoms with Crippen LogP contribution in [0.3, 0.4) is 0 Å². The highest BCUT2D eigenvalue weighted by Crippen LogP contribution is 2.47. The van der Waals surface area contributed by atoms with Crippen molar-refractivity contribution in [1.29, 1.82) is 0 Å². The number of piperidine rings is 1. The van der Waals surface area contributed by atoms with Crippen molar-refractivity contribution in [2.75, 3.05) is 0 Å². The van der Waals surface area contributed by atoms with Gasteiger partial charge in [0.15, 0.2) is 0 Å². The first-order chi connectivity index (χ1) is 13.0. The molecule has 1 aliphatic heterocycles. The minimum absolute atomic E-state index is 0.171. The molecule has 0 spiro atoms. The van der Waals surface area contributed by atoms with E-state index in [9.17, 15) is 18.6 Å². The summed E-state index contributed by atoms with van der Waals surface area (Å²) in [6, 6.07) is 12.4. The molecular formula is C21H26BrNO4S. The molecule has 0 amide bonds. The number of hydrogen-bond donors (Lipinski definition) is 2. The van der Waals surface area contributed by atoms with E-state index >= 15 is 0 Å². The van der Waals surface area contributed by atoms with E-state index < -0.39 is 39.7 Å². The molecule has 2 aromatic rings. The van der Waals surface area contributed by atoms with Crippen LogP contribution >= 0.6 is 15.9 Å². The van der Waals surface area contributed by atoms with Crippen molar-refractivity contribution in [2.45, 2.75) is 56.9 Å². The summed E-state index contributed by atoms with van der Waals surface area (Å²) in [7, 11) is -3.92. The van der Waals surface area contributed by atoms with Gasteiger partial charge in [-0.05, 0) is 43.7 Å². The van der Waals surface area contributed by atoms with Crippen LogP contribution in [0.2, 0.25) is 0 Å². The van der Waals surface area contributed by atoms with Crippen LogP contribution in [0.4, 0.5) is 0 Å². The topological polar surface area (TPSA) is 77.8 Å². The highest BCUT2D eigenvalue weighted by Gasteiger charge is 2.55. The molecule has 0 aliphatic carbocycles. The van der Waals surface area contributed by atoms with Crippen LogP contribution in [0.25, 0.3) is 0 Å². The first kappa shape index (κ1) is 21.5. The molecule has 0 unspecified atom stereocenters. The van der Waals surface area contributed by atoms with Crippen molar-refractivity contribution >= 4 is 26.0 Å². The Hall–Kier alpha value is -1.25. The van der Waals surface area contributed by atoms with Crippen molar-refractivity contribution in [3.05, 3.63) is 64.1 Å². The van der Waals surface area contributed by atoms with Gasteiger partial charge in [-0.2, -0.15) is 4.31 Å². The molecule has 3 rings (SSSR count). The third-order valence-electron chi connectivity index (χ3n) is 5.93. The van der Waals surface area contributed by atoms with E-state index in [0.717, 1.165) is 10.0 Å². The second-order valence-electron chi connectivity index (χ2n) is 8.08. The maximum Gasteiger partial charge on any atom is 0.243 e. The molecule has 2 aromatic carbocycles. The van der Waals surface area contributed by atoms with Gasteiger partial charge in [-0.15, -0.1) is 0 Å². The van der Waals surface area contributed by atoms with Gasteiger partial charge >= 0.3 is 0 Å². The number of halogens is 1. The van der Waals surface area contributed by atoms with Crippen LogP contribution in [0.15, 0.2) is 57.9 Å². The maximum atomic E-state index is 13.6. The summed E-state index contributed by atoms with van der Waals surface area (Å²) in [6.07, 6.45) is -2.34. The highest BCUT2D eigenvalue weighted by molar-refractivity contribution is 9.10. The SMILES string of the molecule is Cc1ccc(S(=O)(=O)N2[C@@H](c3cccc(Br)c3)[C@H](O)[C@H](O)C(C)(C)[C@H]2C)cc1. The second-order valence-corrected chi connectivity index (χ2v) is 10.8. The molecule has 1 saturated heterocycles. The molecule has 5 nitrogen and oxygen atoms in total. The van der Waals surface area contributed by atoms with E-state index in [-0.39, 0.29) is 4.90 Å². The Morgan fingerprint density at radius 3 is 2.25 bits per heavy atom. The van der Waals surface area contributed by atoms with Crippen LogP contribution in [-0.2, 0) is 10.0 Å². The minimum Gasteiger partial charge on any atom is -0.390 e. The van der Waals surface area contributed by atoms with Crippen molar-refractivity contribution in [2.24, 2.45) is 5.41 Å². The summed E-state index contributed by atoms with van der Waals surface area (Å²) in [6.45, 7) is 7.24. The first-order valence-corrected chi connectivity index (χ1v) is 11.4. The molecule has 0 bridgehead atoms. The van der Waals surface area contributed by atoms with Gasteiger partial charge < -0.3 is 10.2 Å². The van der Waals surface area contributed by atoms with Crippen LogP contribution in [-0.4, -0.2) is 41.2 Å². The first-order valence-electron chi connectivity index (χ1n) is 9.19. The standard InChI is InChI=1S/C21H26BrNO4S/c1-13-8-10-17(11-9-13)28(26,27)23-14(2)21(3,4)20(25)19(24)18(23)15-6-5-7-16(22)12-15/h5-12,14,18-20,24-25H,1-4H3/t14-,18+,19+,20+/m1/s1. The van der Waals surface area contributed by atoms with Gasteiger partial charge in [0.1, 0.15) is 6.10 Å². The zero-order valence-corrected chi connectivity index (χ0v) is 18.8. The number of aliphatic hydroxyl groups excluding tert-OH is 2. The molecule has 0 saturated carbocycles. The number of hydrogen-bond acceptors (Lipinski definition) is 4. The molecule has 7 heteroatoms. The Labute approximate surface area is 175 Å². The summed E-state index contributed by atoms with van der Waals surface area (Å²) in [5.74, 6) is 0. The van der Waals surface area contributed by atoms with Gasteiger partial charge in [0.05, 0.1) is 17.0 Å². The Morgan fingerprint density at radius 2 is 1.68 bits per heavy atom. The van der Waals surface area contributed by atoms with Crippen LogP contribution in [0.5, 0.6) is 0 Å². The Kier molecular flexibility index (Phi) is 5.78. The van der Waals surface area contributed by atoms with E-state index in [1.54, 1.807) is 63.2 Å². The average molecular weight is 468 g/mol.